The van der Waals surface area contributed by atoms with Crippen LogP contribution in [0.5, 0.6) is 0 Å². The Morgan fingerprint density at radius 1 is 0.224 bits per heavy atom. The van der Waals surface area contributed by atoms with Gasteiger partial charge < -0.3 is 24.8 Å². The fourth-order valence-corrected chi connectivity index (χ4v) is 19.9. The van der Waals surface area contributed by atoms with E-state index in [1.807, 2.05) is 0 Å². The van der Waals surface area contributed by atoms with Gasteiger partial charge in [-0.2, -0.15) is 24.3 Å². The zero-order chi connectivity index (χ0) is 66.3. The zero-order valence-electron chi connectivity index (χ0n) is 56.2. The first kappa shape index (κ1) is 74.1. The molecule has 0 N–H and O–H groups in total. The monoisotopic (exact) mass is 1490 g/mol. The second-order valence-electron chi connectivity index (χ2n) is 23.8. The van der Waals surface area contributed by atoms with Gasteiger partial charge in [-0.05, 0) is 47.9 Å². The Kier molecular flexibility index (Phi) is 28.9. The first-order valence-corrected chi connectivity index (χ1v) is 44.0. The SMILES string of the molecule is CCc1cc2c(-c3ccccc3)cccc2[cH-]1.CCc1cc2c(-c3ccccc3)cccc2[cH-]1.CCc1cc2c(-c3ccccc3)cccc2[cH-]1.CCc1cc2c(-c3ccccc3)cccc2[cH-]1.[Cl-].[Cl-].[Zr+2]=[Si](c1ccccc1)c1ccccc1.[Zr+2]=[Si](c1ccccc1)c1ccccc1. The Labute approximate surface area is 624 Å². The molecular weight excluding hydrogens is 1410 g/mol. The second-order valence-corrected chi connectivity index (χ2v) is 35.0. The van der Waals surface area contributed by atoms with Crippen LogP contribution in [0, 0.1) is 0 Å². The first-order chi connectivity index (χ1) is 47.3. The summed E-state index contributed by atoms with van der Waals surface area (Å²) in [5, 5.41) is 16.9. The van der Waals surface area contributed by atoms with Crippen LogP contribution in [0.1, 0.15) is 49.9 Å². The molecule has 6 heteroatoms. The summed E-state index contributed by atoms with van der Waals surface area (Å²) in [5.74, 6) is 0. The number of fused-ring (bicyclic) bond motifs is 4. The summed E-state index contributed by atoms with van der Waals surface area (Å²) in [6.45, 7) is 8.82. The van der Waals surface area contributed by atoms with E-state index < -0.39 is 10.9 Å². The maximum atomic E-state index is 2.32. The van der Waals surface area contributed by atoms with Crippen LogP contribution >= 0.6 is 0 Å². The molecule has 0 aliphatic heterocycles. The number of halogens is 2. The summed E-state index contributed by atoms with van der Waals surface area (Å²) in [5.41, 5.74) is 15.3. The predicted octanol–water partition coefficient (Wildman–Crippen LogP) is 15.8. The maximum absolute atomic E-state index is 2.32. The summed E-state index contributed by atoms with van der Waals surface area (Å²) in [7, 11) is 0. The quantitative estimate of drug-likeness (QED) is 0.0845. The Morgan fingerprint density at radius 3 is 0.571 bits per heavy atom. The molecule has 0 spiro atoms. The summed E-state index contributed by atoms with van der Waals surface area (Å²) >= 11 is 3.29. The molecule has 0 bridgehead atoms. The molecule has 98 heavy (non-hydrogen) atoms. The average molecular weight is 1500 g/mol. The van der Waals surface area contributed by atoms with Crippen LogP contribution < -0.4 is 45.6 Å². The molecule has 0 radical (unpaired) electrons. The van der Waals surface area contributed by atoms with Crippen molar-refractivity contribution < 1.29 is 71.5 Å². The standard InChI is InChI=1S/4C17H15.2C12H10Si.2ClH.2Zr/c4*1-2-13-11-15-9-6-10-16(17(15)12-13)14-7-4-3-5-8-14;2*1-3-7-11(8-4-1)13-12-9-5-2-6-10-12;;;;/h4*3-12H,2H2,1H3;2*1-10H;2*1H;;/q4*-1;;;;;2*+2/p-2. The van der Waals surface area contributed by atoms with Crippen molar-refractivity contribution >= 4 is 74.7 Å². The van der Waals surface area contributed by atoms with Gasteiger partial charge in [0.15, 0.2) is 0 Å². The Morgan fingerprint density at radius 2 is 0.398 bits per heavy atom. The number of rotatable bonds is 12. The van der Waals surface area contributed by atoms with E-state index in [1.54, 1.807) is 46.7 Å². The van der Waals surface area contributed by atoms with E-state index in [1.165, 1.54) is 131 Å². The van der Waals surface area contributed by atoms with Gasteiger partial charge >= 0.3 is 200 Å². The molecular formula is C92H80Cl2Si2Zr2-2. The molecule has 0 aromatic heterocycles. The van der Waals surface area contributed by atoms with Gasteiger partial charge in [0.05, 0.1) is 0 Å². The molecule has 0 saturated carbocycles. The van der Waals surface area contributed by atoms with E-state index in [9.17, 15) is 0 Å². The third-order valence-corrected chi connectivity index (χ3v) is 29.6. The zero-order valence-corrected chi connectivity index (χ0v) is 64.7. The minimum absolute atomic E-state index is 0. The van der Waals surface area contributed by atoms with E-state index in [-0.39, 0.29) is 24.8 Å². The van der Waals surface area contributed by atoms with E-state index >= 15 is 0 Å². The van der Waals surface area contributed by atoms with Crippen molar-refractivity contribution in [3.05, 3.63) is 386 Å². The van der Waals surface area contributed by atoms with E-state index in [0.29, 0.717) is 0 Å². The number of hydrogen-bond donors (Lipinski definition) is 0. The van der Waals surface area contributed by atoms with Crippen molar-refractivity contribution in [2.45, 2.75) is 53.4 Å². The topological polar surface area (TPSA) is 0 Å². The van der Waals surface area contributed by atoms with Crippen LogP contribution in [0.25, 0.3) is 87.6 Å². The van der Waals surface area contributed by atoms with Gasteiger partial charge in [0.1, 0.15) is 0 Å². The van der Waals surface area contributed by atoms with Crippen LogP contribution in [-0.2, 0) is 72.4 Å². The summed E-state index contributed by atoms with van der Waals surface area (Å²) < 4.78 is 0. The van der Waals surface area contributed by atoms with Gasteiger partial charge in [0.25, 0.3) is 0 Å². The van der Waals surface area contributed by atoms with Crippen molar-refractivity contribution in [2.75, 3.05) is 0 Å². The molecule has 480 valence electrons. The summed E-state index contributed by atoms with van der Waals surface area (Å²) in [6.07, 6.45) is 4.40. The van der Waals surface area contributed by atoms with Crippen molar-refractivity contribution in [1.82, 2.24) is 0 Å². The van der Waals surface area contributed by atoms with Crippen LogP contribution in [0.2, 0.25) is 0 Å². The molecule has 16 rings (SSSR count). The molecule has 16 aromatic rings. The molecule has 16 aromatic carbocycles. The molecule has 0 fully saturated rings. The van der Waals surface area contributed by atoms with E-state index in [4.69, 9.17) is 0 Å². The molecule has 0 aliphatic rings. The molecule has 0 saturated heterocycles. The molecule has 0 heterocycles. The number of benzene rings is 12. The van der Waals surface area contributed by atoms with Crippen molar-refractivity contribution in [3.63, 3.8) is 0 Å². The van der Waals surface area contributed by atoms with Crippen LogP contribution in [0.15, 0.2) is 364 Å². The van der Waals surface area contributed by atoms with Gasteiger partial charge in [-0.3, -0.25) is 0 Å². The molecule has 0 nitrogen and oxygen atoms in total. The number of hydrogen-bond acceptors (Lipinski definition) is 0. The Hall–Kier alpha value is -8.14. The molecule has 0 amide bonds. The van der Waals surface area contributed by atoms with Crippen LogP contribution in [0.3, 0.4) is 0 Å². The third-order valence-electron chi connectivity index (χ3n) is 17.5. The number of aryl methyl sites for hydroxylation is 4. The fourth-order valence-electron chi connectivity index (χ4n) is 12.2. The molecule has 0 aliphatic carbocycles. The van der Waals surface area contributed by atoms with E-state index in [2.05, 4.69) is 392 Å². The van der Waals surface area contributed by atoms with Gasteiger partial charge in [-0.25, -0.2) is 0 Å². The van der Waals surface area contributed by atoms with Crippen molar-refractivity contribution in [2.24, 2.45) is 0 Å². The van der Waals surface area contributed by atoms with Gasteiger partial charge in [0, 0.05) is 0 Å². The third kappa shape index (κ3) is 19.6. The minimum atomic E-state index is -0.455. The van der Waals surface area contributed by atoms with Crippen molar-refractivity contribution in [1.29, 1.82) is 0 Å². The Bertz CT molecular complexity index is 4400. The van der Waals surface area contributed by atoms with Gasteiger partial charge in [-0.1, -0.05) is 196 Å². The summed E-state index contributed by atoms with van der Waals surface area (Å²) in [6, 6.07) is 130. The van der Waals surface area contributed by atoms with Crippen molar-refractivity contribution in [3.8, 4) is 44.5 Å². The first-order valence-electron chi connectivity index (χ1n) is 33.6. The Balaban J connectivity index is 0.000000137. The predicted molar refractivity (Wildman–Crippen MR) is 413 cm³/mol. The average Bonchev–Trinajstić information content (AvgIpc) is 1.66. The van der Waals surface area contributed by atoms with Crippen LogP contribution in [0.4, 0.5) is 0 Å². The normalized spacial score (nSPS) is 10.4. The molecule has 0 atom stereocenters. The van der Waals surface area contributed by atoms with Crippen LogP contribution in [-0.4, -0.2) is 10.9 Å². The summed E-state index contributed by atoms with van der Waals surface area (Å²) in [4.78, 5) is 0. The second kappa shape index (κ2) is 38.3. The van der Waals surface area contributed by atoms with Gasteiger partial charge in [-0.15, -0.1) is 138 Å². The van der Waals surface area contributed by atoms with Gasteiger partial charge in [0.2, 0.25) is 0 Å². The molecule has 0 unspecified atom stereocenters. The van der Waals surface area contributed by atoms with E-state index in [0.717, 1.165) is 25.7 Å². The fraction of sp³-hybridized carbons (Fsp3) is 0.0870.